The van der Waals surface area contributed by atoms with Crippen LogP contribution in [-0.2, 0) is 25.7 Å². The molecule has 0 saturated carbocycles. The van der Waals surface area contributed by atoms with Crippen LogP contribution in [-0.4, -0.2) is 52.8 Å². The third kappa shape index (κ3) is 9.80. The summed E-state index contributed by atoms with van der Waals surface area (Å²) in [4.78, 5) is 45.1. The van der Waals surface area contributed by atoms with Gasteiger partial charge >= 0.3 is 12.1 Å². The number of nitrogens with one attached hydrogen (secondary N) is 2. The first-order valence-corrected chi connectivity index (χ1v) is 8.21. The largest absolute Gasteiger partial charge is 0.481 e. The maximum Gasteiger partial charge on any atom is 0.407 e. The van der Waals surface area contributed by atoms with Gasteiger partial charge in [0.05, 0.1) is 12.5 Å². The molecule has 6 N–H and O–H groups in total. The Bertz CT molecular complexity index is 651. The first-order valence-electron chi connectivity index (χ1n) is 8.21. The zero-order chi connectivity index (χ0) is 20.2. The zero-order valence-electron chi connectivity index (χ0n) is 14.6. The van der Waals surface area contributed by atoms with Gasteiger partial charge in [-0.25, -0.2) is 4.79 Å². The van der Waals surface area contributed by atoms with Crippen molar-refractivity contribution in [2.45, 2.75) is 38.0 Å². The molecule has 1 aromatic rings. The van der Waals surface area contributed by atoms with Gasteiger partial charge in [0, 0.05) is 13.0 Å². The van der Waals surface area contributed by atoms with Gasteiger partial charge in [0.2, 0.25) is 11.8 Å². The van der Waals surface area contributed by atoms with Gasteiger partial charge in [-0.2, -0.15) is 0 Å². The van der Waals surface area contributed by atoms with Gasteiger partial charge < -0.3 is 31.3 Å². The monoisotopic (exact) mass is 381 g/mol. The number of primary amides is 1. The Morgan fingerprint density at radius 1 is 1.15 bits per heavy atom. The van der Waals surface area contributed by atoms with Crippen LogP contribution in [0.25, 0.3) is 0 Å². The number of aliphatic hydroxyl groups excluding tert-OH is 1. The molecule has 1 rings (SSSR count). The summed E-state index contributed by atoms with van der Waals surface area (Å²) in [6, 6.07) is 7.85. The van der Waals surface area contributed by atoms with Crippen molar-refractivity contribution in [2.24, 2.45) is 5.73 Å². The topological polar surface area (TPSA) is 168 Å². The van der Waals surface area contributed by atoms with Crippen LogP contribution < -0.4 is 16.4 Å². The number of carboxylic acids is 1. The van der Waals surface area contributed by atoms with Crippen molar-refractivity contribution in [3.05, 3.63) is 35.9 Å². The summed E-state index contributed by atoms with van der Waals surface area (Å²) in [5.41, 5.74) is 5.90. The van der Waals surface area contributed by atoms with Crippen molar-refractivity contribution >= 4 is 23.9 Å². The number of carboxylic acid groups (broad SMARTS) is 1. The first-order chi connectivity index (χ1) is 12.8. The summed E-state index contributed by atoms with van der Waals surface area (Å²) in [6.45, 7) is -0.176. The smallest absolute Gasteiger partial charge is 0.407 e. The third-order valence-corrected chi connectivity index (χ3v) is 3.44. The number of aliphatic carboxylic acids is 1. The zero-order valence-corrected chi connectivity index (χ0v) is 14.6. The molecule has 0 radical (unpaired) electrons. The summed E-state index contributed by atoms with van der Waals surface area (Å²) >= 11 is 0. The maximum absolute atomic E-state index is 11.8. The van der Waals surface area contributed by atoms with E-state index in [0.29, 0.717) is 0 Å². The lowest BCUT2D eigenvalue weighted by Gasteiger charge is -2.16. The lowest BCUT2D eigenvalue weighted by atomic mass is 10.1. The number of alkyl carbamates (subject to hydrolysis) is 1. The van der Waals surface area contributed by atoms with Crippen LogP contribution >= 0.6 is 0 Å². The van der Waals surface area contributed by atoms with Gasteiger partial charge in [-0.3, -0.25) is 14.4 Å². The minimum absolute atomic E-state index is 0.0626. The quantitative estimate of drug-likeness (QED) is 0.344. The molecule has 10 nitrogen and oxygen atoms in total. The van der Waals surface area contributed by atoms with Crippen molar-refractivity contribution in [3.8, 4) is 0 Å². The molecule has 0 aromatic heterocycles. The van der Waals surface area contributed by atoms with E-state index in [1.54, 1.807) is 24.3 Å². The number of carbonyl (C=O) groups excluding carboxylic acids is 3. The van der Waals surface area contributed by atoms with Crippen LogP contribution in [0.3, 0.4) is 0 Å². The summed E-state index contributed by atoms with van der Waals surface area (Å²) in [6.07, 6.45) is -2.88. The van der Waals surface area contributed by atoms with Crippen molar-refractivity contribution < 1.29 is 34.1 Å². The summed E-state index contributed by atoms with van der Waals surface area (Å²) in [5, 5.41) is 23.0. The van der Waals surface area contributed by atoms with Gasteiger partial charge in [-0.15, -0.1) is 0 Å². The third-order valence-electron chi connectivity index (χ3n) is 3.44. The summed E-state index contributed by atoms with van der Waals surface area (Å²) in [5.74, 6) is -2.70. The predicted octanol–water partition coefficient (Wildman–Crippen LogP) is -0.501. The molecule has 27 heavy (non-hydrogen) atoms. The van der Waals surface area contributed by atoms with Crippen molar-refractivity contribution in [3.63, 3.8) is 0 Å². The molecule has 0 spiro atoms. The molecule has 0 saturated heterocycles. The molecule has 148 valence electrons. The SMILES string of the molecule is NC(=O)[C@H](CCC(=O)O)NC(=O)C[C@@H](O)CNC(=O)OCc1ccccc1. The highest BCUT2D eigenvalue weighted by atomic mass is 16.5. The van der Waals surface area contributed by atoms with E-state index in [1.165, 1.54) is 0 Å². The second-order valence-corrected chi connectivity index (χ2v) is 5.76. The van der Waals surface area contributed by atoms with E-state index in [9.17, 15) is 24.3 Å². The standard InChI is InChI=1S/C17H23N3O7/c18-16(25)13(6-7-15(23)24)20-14(22)8-12(21)9-19-17(26)27-10-11-4-2-1-3-5-11/h1-5,12-13,21H,6-10H2,(H2,18,25)(H,19,26)(H,20,22)(H,23,24)/t12-,13+/m1/s1. The first kappa shape index (κ1) is 21.9. The molecule has 0 heterocycles. The van der Waals surface area contributed by atoms with Crippen LogP contribution in [0.4, 0.5) is 4.79 Å². The summed E-state index contributed by atoms with van der Waals surface area (Å²) < 4.78 is 4.96. The minimum Gasteiger partial charge on any atom is -0.481 e. The number of nitrogens with two attached hydrogens (primary N) is 1. The Labute approximate surface area is 155 Å². The number of hydrogen-bond acceptors (Lipinski definition) is 6. The number of aliphatic hydroxyl groups is 1. The summed E-state index contributed by atoms with van der Waals surface area (Å²) in [7, 11) is 0. The second kappa shape index (κ2) is 11.5. The van der Waals surface area contributed by atoms with Crippen molar-refractivity contribution in [1.29, 1.82) is 0 Å². The molecular formula is C17H23N3O7. The Hall–Kier alpha value is -3.14. The Morgan fingerprint density at radius 2 is 1.81 bits per heavy atom. The Morgan fingerprint density at radius 3 is 2.41 bits per heavy atom. The Kier molecular flexibility index (Phi) is 9.30. The average Bonchev–Trinajstić information content (AvgIpc) is 2.62. The highest BCUT2D eigenvalue weighted by Gasteiger charge is 2.21. The molecular weight excluding hydrogens is 358 g/mol. The van der Waals surface area contributed by atoms with Gasteiger partial charge in [0.25, 0.3) is 0 Å². The predicted molar refractivity (Wildman–Crippen MR) is 93.2 cm³/mol. The normalized spacial score (nSPS) is 12.5. The number of ether oxygens (including phenoxy) is 1. The average molecular weight is 381 g/mol. The molecule has 0 aliphatic rings. The minimum atomic E-state index is -1.22. The fourth-order valence-corrected chi connectivity index (χ4v) is 2.07. The van der Waals surface area contributed by atoms with E-state index in [4.69, 9.17) is 15.6 Å². The molecule has 0 unspecified atom stereocenters. The van der Waals surface area contributed by atoms with E-state index in [1.807, 2.05) is 6.07 Å². The number of carbonyl (C=O) groups is 4. The van der Waals surface area contributed by atoms with Crippen molar-refractivity contribution in [2.75, 3.05) is 6.54 Å². The van der Waals surface area contributed by atoms with Crippen molar-refractivity contribution in [1.82, 2.24) is 10.6 Å². The highest BCUT2D eigenvalue weighted by Crippen LogP contribution is 2.01. The molecule has 3 amide bonds. The van der Waals surface area contributed by atoms with E-state index in [0.717, 1.165) is 5.56 Å². The van der Waals surface area contributed by atoms with Gasteiger partial charge in [0.15, 0.2) is 0 Å². The molecule has 2 atom stereocenters. The number of rotatable bonds is 11. The number of benzene rings is 1. The number of amides is 3. The highest BCUT2D eigenvalue weighted by molar-refractivity contribution is 5.87. The van der Waals surface area contributed by atoms with Gasteiger partial charge in [-0.1, -0.05) is 30.3 Å². The molecule has 10 heteroatoms. The van der Waals surface area contributed by atoms with Crippen LogP contribution in [0, 0.1) is 0 Å². The fraction of sp³-hybridized carbons (Fsp3) is 0.412. The second-order valence-electron chi connectivity index (χ2n) is 5.76. The van der Waals surface area contributed by atoms with Gasteiger partial charge in [0.1, 0.15) is 12.6 Å². The fourth-order valence-electron chi connectivity index (χ4n) is 2.07. The molecule has 0 fully saturated rings. The number of hydrogen-bond donors (Lipinski definition) is 5. The lowest BCUT2D eigenvalue weighted by Crippen LogP contribution is -2.46. The van der Waals surface area contributed by atoms with Crippen LogP contribution in [0.2, 0.25) is 0 Å². The van der Waals surface area contributed by atoms with E-state index in [-0.39, 0.29) is 26.0 Å². The van der Waals surface area contributed by atoms with E-state index >= 15 is 0 Å². The van der Waals surface area contributed by atoms with Crippen LogP contribution in [0.1, 0.15) is 24.8 Å². The molecule has 0 bridgehead atoms. The van der Waals surface area contributed by atoms with Gasteiger partial charge in [-0.05, 0) is 12.0 Å². The maximum atomic E-state index is 11.8. The Balaban J connectivity index is 2.30. The van der Waals surface area contributed by atoms with E-state index < -0.39 is 42.4 Å². The molecule has 0 aliphatic carbocycles. The molecule has 1 aromatic carbocycles. The van der Waals surface area contributed by atoms with Crippen LogP contribution in [0.15, 0.2) is 30.3 Å². The van der Waals surface area contributed by atoms with Crippen LogP contribution in [0.5, 0.6) is 0 Å². The molecule has 0 aliphatic heterocycles. The van der Waals surface area contributed by atoms with E-state index in [2.05, 4.69) is 10.6 Å². The lowest BCUT2D eigenvalue weighted by molar-refractivity contribution is -0.138.